The van der Waals surface area contributed by atoms with Crippen molar-refractivity contribution in [3.8, 4) is 0 Å². The van der Waals surface area contributed by atoms with Gasteiger partial charge in [-0.25, -0.2) is 4.90 Å². The molecule has 37 heavy (non-hydrogen) atoms. The highest BCUT2D eigenvalue weighted by Crippen LogP contribution is 2.55. The monoisotopic (exact) mass is 517 g/mol. The van der Waals surface area contributed by atoms with E-state index in [-0.39, 0.29) is 36.4 Å². The van der Waals surface area contributed by atoms with E-state index >= 15 is 0 Å². The summed E-state index contributed by atoms with van der Waals surface area (Å²) in [6, 6.07) is 8.44. The number of aliphatic hydroxyl groups is 1. The fourth-order valence-electron chi connectivity index (χ4n) is 6.32. The van der Waals surface area contributed by atoms with Gasteiger partial charge in [-0.05, 0) is 68.5 Å². The van der Waals surface area contributed by atoms with E-state index in [1.54, 1.807) is 37.3 Å². The van der Waals surface area contributed by atoms with Crippen molar-refractivity contribution in [3.63, 3.8) is 0 Å². The molecule has 4 aliphatic rings. The largest absolute Gasteiger partial charge is 0.463 e. The van der Waals surface area contributed by atoms with Crippen LogP contribution >= 0.6 is 11.6 Å². The molecule has 1 fully saturated rings. The molecule has 7 nitrogen and oxygen atoms in total. The Kier molecular flexibility index (Phi) is 5.47. The van der Waals surface area contributed by atoms with E-state index in [1.165, 1.54) is 11.0 Å². The first-order valence-corrected chi connectivity index (χ1v) is 12.6. The molecule has 6 rings (SSSR count). The fraction of sp³-hybridized carbons (Fsp3) is 0.310. The number of hydrogen-bond donors (Lipinski definition) is 1. The standard InChI is InChI=1S/C29H24ClNO6/c1-13-3-4-15(10-21(13)30)31-28(35)18-7-6-17-19(24(18)29(31)36)11-20-25(22(33)9-14(2)27(20)34)26(17)23-8-5-16(12-32)37-23/h3-6,8-10,18-19,24,26,32H,7,11-12H2,1-2H3/t18-,19+,24-,26+/m0/s1. The van der Waals surface area contributed by atoms with Crippen LogP contribution in [0.1, 0.15) is 42.8 Å². The maximum absolute atomic E-state index is 13.9. The van der Waals surface area contributed by atoms with Gasteiger partial charge >= 0.3 is 0 Å². The van der Waals surface area contributed by atoms with Crippen molar-refractivity contribution in [1.82, 2.24) is 0 Å². The number of rotatable bonds is 3. The number of anilines is 1. The van der Waals surface area contributed by atoms with Crippen LogP contribution in [0.2, 0.25) is 5.02 Å². The van der Waals surface area contributed by atoms with Crippen LogP contribution in [0.25, 0.3) is 0 Å². The molecule has 2 heterocycles. The molecule has 0 unspecified atom stereocenters. The maximum Gasteiger partial charge on any atom is 0.238 e. The summed E-state index contributed by atoms with van der Waals surface area (Å²) in [7, 11) is 0. The molecule has 0 spiro atoms. The second-order valence-corrected chi connectivity index (χ2v) is 10.5. The van der Waals surface area contributed by atoms with Crippen molar-refractivity contribution in [3.05, 3.63) is 86.9 Å². The summed E-state index contributed by atoms with van der Waals surface area (Å²) in [5.41, 5.74) is 3.15. The number of Topliss-reactive ketones (excluding diaryl/α,β-unsaturated/α-hetero) is 1. The van der Waals surface area contributed by atoms with E-state index in [9.17, 15) is 24.3 Å². The van der Waals surface area contributed by atoms with E-state index < -0.39 is 23.7 Å². The lowest BCUT2D eigenvalue weighted by Gasteiger charge is -2.41. The van der Waals surface area contributed by atoms with Gasteiger partial charge in [-0.15, -0.1) is 0 Å². The van der Waals surface area contributed by atoms with Gasteiger partial charge in [0, 0.05) is 21.7 Å². The third-order valence-electron chi connectivity index (χ3n) is 8.10. The van der Waals surface area contributed by atoms with Gasteiger partial charge in [0.2, 0.25) is 11.8 Å². The lowest BCUT2D eigenvalue weighted by Crippen LogP contribution is -2.39. The zero-order valence-electron chi connectivity index (χ0n) is 20.3. The highest BCUT2D eigenvalue weighted by atomic mass is 35.5. The lowest BCUT2D eigenvalue weighted by molar-refractivity contribution is -0.123. The van der Waals surface area contributed by atoms with E-state index in [0.717, 1.165) is 11.1 Å². The van der Waals surface area contributed by atoms with E-state index in [0.29, 0.717) is 45.4 Å². The topological polar surface area (TPSA) is 105 Å². The highest BCUT2D eigenvalue weighted by Gasteiger charge is 2.57. The van der Waals surface area contributed by atoms with Crippen LogP contribution in [0.5, 0.6) is 0 Å². The zero-order chi connectivity index (χ0) is 26.2. The Morgan fingerprint density at radius 1 is 1.05 bits per heavy atom. The Bertz CT molecular complexity index is 1510. The molecule has 188 valence electrons. The van der Waals surface area contributed by atoms with Crippen LogP contribution in [-0.4, -0.2) is 28.5 Å². The number of imide groups is 1. The maximum atomic E-state index is 13.9. The Morgan fingerprint density at radius 3 is 2.54 bits per heavy atom. The van der Waals surface area contributed by atoms with E-state index in [4.69, 9.17) is 16.0 Å². The Hall–Kier alpha value is -3.55. The molecule has 1 aromatic carbocycles. The van der Waals surface area contributed by atoms with Crippen LogP contribution in [-0.2, 0) is 25.8 Å². The molecule has 1 N–H and O–H groups in total. The van der Waals surface area contributed by atoms with Gasteiger partial charge in [-0.1, -0.05) is 29.3 Å². The summed E-state index contributed by atoms with van der Waals surface area (Å²) >= 11 is 6.30. The minimum absolute atomic E-state index is 0.198. The molecule has 3 aliphatic carbocycles. The number of furan rings is 1. The second-order valence-electron chi connectivity index (χ2n) is 10.1. The highest BCUT2D eigenvalue weighted by molar-refractivity contribution is 6.32. The summed E-state index contributed by atoms with van der Waals surface area (Å²) in [6.07, 6.45) is 3.81. The number of benzene rings is 1. The molecular weight excluding hydrogens is 494 g/mol. The molecule has 1 aromatic heterocycles. The van der Waals surface area contributed by atoms with Gasteiger partial charge in [0.1, 0.15) is 18.1 Å². The number of carbonyl (C=O) groups excluding carboxylic acids is 4. The number of allylic oxidation sites excluding steroid dienone is 6. The van der Waals surface area contributed by atoms with Crippen molar-refractivity contribution in [2.75, 3.05) is 4.90 Å². The van der Waals surface area contributed by atoms with Crippen molar-refractivity contribution >= 4 is 40.7 Å². The summed E-state index contributed by atoms with van der Waals surface area (Å²) in [5, 5.41) is 10.0. The van der Waals surface area contributed by atoms with Gasteiger partial charge < -0.3 is 9.52 Å². The van der Waals surface area contributed by atoms with Crippen LogP contribution < -0.4 is 4.90 Å². The molecule has 0 saturated carbocycles. The number of amides is 2. The van der Waals surface area contributed by atoms with E-state index in [2.05, 4.69) is 0 Å². The lowest BCUT2D eigenvalue weighted by atomic mass is 9.60. The number of halogens is 1. The summed E-state index contributed by atoms with van der Waals surface area (Å²) in [6.45, 7) is 3.15. The van der Waals surface area contributed by atoms with Gasteiger partial charge in [-0.3, -0.25) is 19.2 Å². The Balaban J connectivity index is 1.47. The molecule has 0 bridgehead atoms. The molecule has 2 aromatic rings. The molecule has 1 aliphatic heterocycles. The molecule has 1 saturated heterocycles. The summed E-state index contributed by atoms with van der Waals surface area (Å²) < 4.78 is 5.87. The van der Waals surface area contributed by atoms with Gasteiger partial charge in [0.15, 0.2) is 11.6 Å². The van der Waals surface area contributed by atoms with Gasteiger partial charge in [0.05, 0.1) is 23.4 Å². The molecular formula is C29H24ClNO6. The average Bonchev–Trinajstić information content (AvgIpc) is 3.45. The first kappa shape index (κ1) is 23.8. The van der Waals surface area contributed by atoms with Crippen LogP contribution in [0, 0.1) is 24.7 Å². The second kappa shape index (κ2) is 8.50. The third-order valence-corrected chi connectivity index (χ3v) is 8.51. The third kappa shape index (κ3) is 3.45. The number of hydrogen-bond acceptors (Lipinski definition) is 6. The number of nitrogens with zero attached hydrogens (tertiary/aromatic N) is 1. The molecule has 2 amide bonds. The first-order valence-electron chi connectivity index (χ1n) is 12.2. The smallest absolute Gasteiger partial charge is 0.238 e. The normalized spacial score (nSPS) is 27.2. The van der Waals surface area contributed by atoms with E-state index in [1.807, 2.05) is 13.0 Å². The number of ketones is 2. The quantitative estimate of drug-likeness (QED) is 0.368. The van der Waals surface area contributed by atoms with Gasteiger partial charge in [0.25, 0.3) is 0 Å². The predicted molar refractivity (Wildman–Crippen MR) is 135 cm³/mol. The minimum atomic E-state index is -0.675. The number of aryl methyl sites for hydroxylation is 1. The van der Waals surface area contributed by atoms with Crippen LogP contribution in [0.4, 0.5) is 5.69 Å². The first-order chi connectivity index (χ1) is 17.7. The Labute approximate surface area is 218 Å². The van der Waals surface area contributed by atoms with Crippen molar-refractivity contribution in [2.24, 2.45) is 17.8 Å². The molecule has 0 radical (unpaired) electrons. The zero-order valence-corrected chi connectivity index (χ0v) is 21.0. The van der Waals surface area contributed by atoms with Crippen molar-refractivity contribution < 1.29 is 28.7 Å². The van der Waals surface area contributed by atoms with Crippen molar-refractivity contribution in [1.29, 1.82) is 0 Å². The fourth-order valence-corrected chi connectivity index (χ4v) is 6.49. The summed E-state index contributed by atoms with van der Waals surface area (Å²) in [5.74, 6) is -2.70. The average molecular weight is 518 g/mol. The SMILES string of the molecule is CC1=CC(=O)C2=C(C[C@@H]3C(=CC[C@@H]4C(=O)N(c5ccc(C)c(Cl)c5)C(=O)[C@@H]43)[C@@H]2c2ccc(CO)o2)C1=O. The number of carbonyl (C=O) groups is 4. The van der Waals surface area contributed by atoms with Gasteiger partial charge in [-0.2, -0.15) is 0 Å². The number of fused-ring (bicyclic) bond motifs is 3. The minimum Gasteiger partial charge on any atom is -0.463 e. The molecule has 8 heteroatoms. The van der Waals surface area contributed by atoms with Crippen molar-refractivity contribution in [2.45, 2.75) is 39.2 Å². The van der Waals surface area contributed by atoms with Crippen LogP contribution in [0.15, 0.2) is 69.2 Å². The Morgan fingerprint density at radius 2 is 1.84 bits per heavy atom. The summed E-state index contributed by atoms with van der Waals surface area (Å²) in [4.78, 5) is 55.1. The predicted octanol–water partition coefficient (Wildman–Crippen LogP) is 4.37. The number of aliphatic hydroxyl groups excluding tert-OH is 1. The molecule has 4 atom stereocenters. The van der Waals surface area contributed by atoms with Crippen LogP contribution in [0.3, 0.4) is 0 Å².